The summed E-state index contributed by atoms with van der Waals surface area (Å²) < 4.78 is 10.9. The van der Waals surface area contributed by atoms with Gasteiger partial charge in [-0.2, -0.15) is 0 Å². The van der Waals surface area contributed by atoms with Crippen LogP contribution in [0.15, 0.2) is 61.7 Å². The number of methoxy groups -OCH3 is 1. The second-order valence-electron chi connectivity index (χ2n) is 7.79. The van der Waals surface area contributed by atoms with Crippen LogP contribution in [0.25, 0.3) is 24.3 Å². The summed E-state index contributed by atoms with van der Waals surface area (Å²) in [5.41, 5.74) is 5.44. The van der Waals surface area contributed by atoms with Crippen LogP contribution >= 0.6 is 0 Å². The third kappa shape index (κ3) is 11.5. The molecule has 3 nitrogen and oxygen atoms in total. The number of hydrogen-bond donors (Lipinski definition) is 0. The number of ketones is 1. The smallest absolute Gasteiger partial charge is 0.163 e. The summed E-state index contributed by atoms with van der Waals surface area (Å²) in [7, 11) is 1.53. The summed E-state index contributed by atoms with van der Waals surface area (Å²) in [5, 5.41) is 0. The molecule has 0 fully saturated rings. The minimum Gasteiger partial charge on any atom is -0.493 e. The molecule has 0 aliphatic rings. The van der Waals surface area contributed by atoms with Gasteiger partial charge in [-0.1, -0.05) is 108 Å². The fourth-order valence-electron chi connectivity index (χ4n) is 3.26. The second-order valence-corrected chi connectivity index (χ2v) is 7.79. The summed E-state index contributed by atoms with van der Waals surface area (Å²) in [5.74, 6) is 0.720. The second kappa shape index (κ2) is 20.1. The van der Waals surface area contributed by atoms with Gasteiger partial charge in [-0.25, -0.2) is 0 Å². The van der Waals surface area contributed by atoms with E-state index >= 15 is 0 Å². The first-order chi connectivity index (χ1) is 17.4. The van der Waals surface area contributed by atoms with E-state index in [1.54, 1.807) is 6.08 Å². The molecule has 2 rings (SSSR count). The first kappa shape index (κ1) is 32.8. The number of carbonyl (C=O) groups is 1. The molecule has 0 aromatic heterocycles. The van der Waals surface area contributed by atoms with Crippen LogP contribution in [0.3, 0.4) is 0 Å². The molecule has 36 heavy (non-hydrogen) atoms. The van der Waals surface area contributed by atoms with E-state index in [9.17, 15) is 4.79 Å². The van der Waals surface area contributed by atoms with E-state index in [-0.39, 0.29) is 7.21 Å². The van der Waals surface area contributed by atoms with E-state index in [2.05, 4.69) is 69.5 Å². The molecule has 3 heteroatoms. The van der Waals surface area contributed by atoms with Crippen molar-refractivity contribution >= 4 is 30.1 Å². The van der Waals surface area contributed by atoms with Gasteiger partial charge in [0.15, 0.2) is 5.78 Å². The Morgan fingerprint density at radius 3 is 2.03 bits per heavy atom. The molecule has 0 N–H and O–H groups in total. The predicted octanol–water partition coefficient (Wildman–Crippen LogP) is 9.84. The lowest BCUT2D eigenvalue weighted by Crippen LogP contribution is -2.11. The van der Waals surface area contributed by atoms with Gasteiger partial charge in [0.1, 0.15) is 11.9 Å². The lowest BCUT2D eigenvalue weighted by Gasteiger charge is -2.15. The Kier molecular flexibility index (Phi) is 18.3. The van der Waals surface area contributed by atoms with E-state index < -0.39 is 6.10 Å². The normalized spacial score (nSPS) is 11.2. The van der Waals surface area contributed by atoms with Crippen molar-refractivity contribution in [3.8, 4) is 5.75 Å². The fourth-order valence-corrected chi connectivity index (χ4v) is 3.26. The Balaban J connectivity index is 0. The topological polar surface area (TPSA) is 35.5 Å². The number of allylic oxidation sites excluding steroid dienone is 2. The highest BCUT2D eigenvalue weighted by molar-refractivity contribution is 5.82. The van der Waals surface area contributed by atoms with Crippen molar-refractivity contribution in [2.24, 2.45) is 0 Å². The zero-order chi connectivity index (χ0) is 27.3. The Labute approximate surface area is 221 Å². The van der Waals surface area contributed by atoms with E-state index in [1.807, 2.05) is 45.0 Å². The lowest BCUT2D eigenvalue weighted by molar-refractivity contribution is -0.126. The largest absolute Gasteiger partial charge is 0.493 e. The van der Waals surface area contributed by atoms with Gasteiger partial charge in [-0.3, -0.25) is 4.79 Å². The van der Waals surface area contributed by atoms with E-state index in [0.717, 1.165) is 36.1 Å². The molecule has 198 valence electrons. The fraction of sp³-hybridized carbons (Fsp3) is 0.364. The molecular formula is C33H48O3. The van der Waals surface area contributed by atoms with E-state index in [1.165, 1.54) is 30.7 Å². The van der Waals surface area contributed by atoms with Gasteiger partial charge >= 0.3 is 0 Å². The van der Waals surface area contributed by atoms with Crippen LogP contribution in [-0.4, -0.2) is 19.5 Å². The number of Topliss-reactive ketones (excluding diaryl/α,β-unsaturated/α-hetero) is 1. The van der Waals surface area contributed by atoms with Crippen molar-refractivity contribution in [1.82, 2.24) is 0 Å². The van der Waals surface area contributed by atoms with E-state index in [4.69, 9.17) is 9.47 Å². The quantitative estimate of drug-likeness (QED) is 0.296. The van der Waals surface area contributed by atoms with Crippen LogP contribution in [0.4, 0.5) is 0 Å². The van der Waals surface area contributed by atoms with Crippen LogP contribution in [0.1, 0.15) is 96.2 Å². The molecule has 0 radical (unpaired) electrons. The van der Waals surface area contributed by atoms with Gasteiger partial charge in [-0.15, -0.1) is 0 Å². The molecule has 1 atom stereocenters. The third-order valence-corrected chi connectivity index (χ3v) is 5.04. The Morgan fingerprint density at radius 1 is 0.917 bits per heavy atom. The van der Waals surface area contributed by atoms with Gasteiger partial charge in [0, 0.05) is 14.1 Å². The third-order valence-electron chi connectivity index (χ3n) is 5.04. The molecule has 0 aliphatic heterocycles. The zero-order valence-electron chi connectivity index (χ0n) is 23.5. The molecule has 1 unspecified atom stereocenters. The van der Waals surface area contributed by atoms with Crippen molar-refractivity contribution in [3.63, 3.8) is 0 Å². The zero-order valence-corrected chi connectivity index (χ0v) is 23.5. The van der Waals surface area contributed by atoms with Crippen LogP contribution < -0.4 is 4.74 Å². The van der Waals surface area contributed by atoms with Gasteiger partial charge in [0.05, 0.1) is 6.61 Å². The molecule has 0 spiro atoms. The van der Waals surface area contributed by atoms with E-state index in [0.29, 0.717) is 6.61 Å². The van der Waals surface area contributed by atoms with Crippen molar-refractivity contribution in [3.05, 3.63) is 89.5 Å². The molecule has 0 saturated heterocycles. The molecule has 0 heterocycles. The Bertz CT molecular complexity index is 989. The highest BCUT2D eigenvalue weighted by Gasteiger charge is 2.17. The molecule has 0 amide bonds. The standard InChI is InChI=1S/C16H20.C15H20O3.C2H6.H2/c1-4-7-9-15-12-11-14(6-3)13-16(15)10-8-5-2;1-5-9-18-14-10-13(8-7-12(14)6-2)15(17-4)11(3)16;1-2;/h6-13H,3-5H2,1-2H3;6-8,10,15H,2,5,9H2,1,3-4H3;1-2H3;1H/b9-7-,10-8-;;;. The summed E-state index contributed by atoms with van der Waals surface area (Å²) in [6, 6.07) is 12.0. The number of rotatable bonds is 12. The highest BCUT2D eigenvalue weighted by atomic mass is 16.5. The summed E-state index contributed by atoms with van der Waals surface area (Å²) in [6.07, 6.45) is 14.9. The number of carbonyl (C=O) groups excluding carboxylic acids is 1. The number of benzene rings is 2. The van der Waals surface area contributed by atoms with Crippen LogP contribution in [-0.2, 0) is 9.53 Å². The van der Waals surface area contributed by atoms with Crippen LogP contribution in [0.5, 0.6) is 5.75 Å². The monoisotopic (exact) mass is 492 g/mol. The minimum absolute atomic E-state index is 0. The number of ether oxygens (including phenoxy) is 2. The molecule has 0 aliphatic carbocycles. The highest BCUT2D eigenvalue weighted by Crippen LogP contribution is 2.27. The minimum atomic E-state index is -0.534. The van der Waals surface area contributed by atoms with Crippen molar-refractivity contribution in [2.45, 2.75) is 66.9 Å². The SMILES string of the molecule is C=Cc1ccc(/C=C\CC)c(/C=C\CC)c1.C=Cc1ccc(C(OC)C(C)=O)cc1OCCC.CC.[HH]. The maximum Gasteiger partial charge on any atom is 0.163 e. The van der Waals surface area contributed by atoms with Gasteiger partial charge in [0.25, 0.3) is 0 Å². The average molecular weight is 493 g/mol. The molecule has 0 saturated carbocycles. The van der Waals surface area contributed by atoms with Crippen LogP contribution in [0.2, 0.25) is 0 Å². The number of hydrogen-bond acceptors (Lipinski definition) is 3. The first-order valence-electron chi connectivity index (χ1n) is 13.0. The molecular weight excluding hydrogens is 444 g/mol. The lowest BCUT2D eigenvalue weighted by atomic mass is 10.0. The van der Waals surface area contributed by atoms with Crippen molar-refractivity contribution in [1.29, 1.82) is 0 Å². The van der Waals surface area contributed by atoms with Gasteiger partial charge < -0.3 is 9.47 Å². The summed E-state index contributed by atoms with van der Waals surface area (Å²) in [4.78, 5) is 11.5. The van der Waals surface area contributed by atoms with Gasteiger partial charge in [-0.05, 0) is 60.6 Å². The molecule has 2 aromatic carbocycles. The maximum absolute atomic E-state index is 11.5. The average Bonchev–Trinajstić information content (AvgIpc) is 2.91. The first-order valence-corrected chi connectivity index (χ1v) is 13.0. The Hall–Kier alpha value is -3.17. The molecule has 2 aromatic rings. The maximum atomic E-state index is 11.5. The van der Waals surface area contributed by atoms with Crippen LogP contribution in [0, 0.1) is 0 Å². The van der Waals surface area contributed by atoms with Crippen molar-refractivity contribution < 1.29 is 15.7 Å². The van der Waals surface area contributed by atoms with Crippen molar-refractivity contribution in [2.75, 3.05) is 13.7 Å². The predicted molar refractivity (Wildman–Crippen MR) is 161 cm³/mol. The Morgan fingerprint density at radius 2 is 1.53 bits per heavy atom. The van der Waals surface area contributed by atoms with Gasteiger partial charge in [0.2, 0.25) is 0 Å². The summed E-state index contributed by atoms with van der Waals surface area (Å²) >= 11 is 0. The summed E-state index contributed by atoms with van der Waals surface area (Å²) in [6.45, 7) is 20.1. The molecule has 0 bridgehead atoms.